The molecule has 2 rings (SSSR count). The number of hydrogen-bond acceptors (Lipinski definition) is 5. The van der Waals surface area contributed by atoms with Crippen LogP contribution in [0.2, 0.25) is 0 Å². The molecule has 0 aliphatic heterocycles. The van der Waals surface area contributed by atoms with Crippen molar-refractivity contribution in [2.75, 3.05) is 39.0 Å². The molecule has 1 aromatic heterocycles. The van der Waals surface area contributed by atoms with Gasteiger partial charge in [0, 0.05) is 25.7 Å². The minimum atomic E-state index is -0.239. The number of nitrogens with zero attached hydrogens (tertiary/aromatic N) is 3. The molecule has 0 radical (unpaired) electrons. The minimum Gasteiger partial charge on any atom is -0.370 e. The molecule has 0 saturated carbocycles. The Morgan fingerprint density at radius 1 is 1.21 bits per heavy atom. The molecule has 128 valence electrons. The van der Waals surface area contributed by atoms with Crippen molar-refractivity contribution in [3.05, 3.63) is 53.7 Å². The maximum absolute atomic E-state index is 13.6. The van der Waals surface area contributed by atoms with Crippen molar-refractivity contribution in [2.24, 2.45) is 0 Å². The van der Waals surface area contributed by atoms with Crippen molar-refractivity contribution in [3.8, 4) is 0 Å². The lowest BCUT2D eigenvalue weighted by molar-refractivity contribution is 0.0946. The molecule has 7 heteroatoms. The number of halogens is 1. The summed E-state index contributed by atoms with van der Waals surface area (Å²) in [5.74, 6) is 0.0819. The van der Waals surface area contributed by atoms with E-state index in [1.165, 1.54) is 12.4 Å². The van der Waals surface area contributed by atoms with Gasteiger partial charge in [-0.15, -0.1) is 0 Å². The first-order chi connectivity index (χ1) is 11.6. The van der Waals surface area contributed by atoms with Gasteiger partial charge in [-0.25, -0.2) is 14.4 Å². The molecule has 1 aromatic carbocycles. The number of rotatable bonds is 8. The third-order valence-electron chi connectivity index (χ3n) is 3.40. The molecular weight excluding hydrogens is 309 g/mol. The van der Waals surface area contributed by atoms with Gasteiger partial charge in [0.25, 0.3) is 5.91 Å². The summed E-state index contributed by atoms with van der Waals surface area (Å²) in [6, 6.07) is 8.25. The van der Waals surface area contributed by atoms with Crippen LogP contribution in [0.15, 0.2) is 36.7 Å². The van der Waals surface area contributed by atoms with Crippen LogP contribution < -0.4 is 10.6 Å². The smallest absolute Gasteiger partial charge is 0.270 e. The Morgan fingerprint density at radius 3 is 2.75 bits per heavy atom. The van der Waals surface area contributed by atoms with E-state index in [1.807, 2.05) is 19.0 Å². The average Bonchev–Trinajstić information content (AvgIpc) is 2.56. The van der Waals surface area contributed by atoms with E-state index in [4.69, 9.17) is 0 Å². The Kier molecular flexibility index (Phi) is 6.62. The summed E-state index contributed by atoms with van der Waals surface area (Å²) in [6.45, 7) is 1.82. The molecule has 0 unspecified atom stereocenters. The van der Waals surface area contributed by atoms with Gasteiger partial charge < -0.3 is 15.5 Å². The van der Waals surface area contributed by atoms with Crippen molar-refractivity contribution in [1.82, 2.24) is 20.2 Å². The first-order valence-electron chi connectivity index (χ1n) is 7.78. The number of benzene rings is 1. The van der Waals surface area contributed by atoms with Gasteiger partial charge in [0.2, 0.25) is 0 Å². The molecule has 0 saturated heterocycles. The summed E-state index contributed by atoms with van der Waals surface area (Å²) in [6.07, 6.45) is 1.87. The van der Waals surface area contributed by atoms with Gasteiger partial charge in [0.15, 0.2) is 0 Å². The van der Waals surface area contributed by atoms with Crippen LogP contribution in [-0.4, -0.2) is 54.5 Å². The third kappa shape index (κ3) is 5.58. The highest BCUT2D eigenvalue weighted by Gasteiger charge is 2.08. The molecular formula is C17H22FN5O. The quantitative estimate of drug-likeness (QED) is 0.768. The molecule has 0 atom stereocenters. The zero-order chi connectivity index (χ0) is 17.4. The van der Waals surface area contributed by atoms with Gasteiger partial charge in [0.1, 0.15) is 23.7 Å². The molecule has 2 N–H and O–H groups in total. The van der Waals surface area contributed by atoms with Crippen molar-refractivity contribution >= 4 is 11.7 Å². The molecule has 6 nitrogen and oxygen atoms in total. The maximum atomic E-state index is 13.6. The number of aromatic nitrogens is 2. The fourth-order valence-electron chi connectivity index (χ4n) is 2.09. The zero-order valence-electron chi connectivity index (χ0n) is 13.9. The summed E-state index contributed by atoms with van der Waals surface area (Å²) in [4.78, 5) is 22.1. The third-order valence-corrected chi connectivity index (χ3v) is 3.40. The van der Waals surface area contributed by atoms with Crippen LogP contribution in [0.4, 0.5) is 10.2 Å². The number of carbonyl (C=O) groups excluding carboxylic acids is 1. The van der Waals surface area contributed by atoms with E-state index in [9.17, 15) is 9.18 Å². The number of anilines is 1. The van der Waals surface area contributed by atoms with E-state index >= 15 is 0 Å². The number of amides is 1. The van der Waals surface area contributed by atoms with Gasteiger partial charge in [-0.2, -0.15) is 0 Å². The van der Waals surface area contributed by atoms with Crippen LogP contribution in [0.25, 0.3) is 0 Å². The largest absolute Gasteiger partial charge is 0.370 e. The molecule has 2 aromatic rings. The molecule has 0 fully saturated rings. The molecule has 0 bridgehead atoms. The summed E-state index contributed by atoms with van der Waals surface area (Å²) < 4.78 is 13.6. The number of hydrogen-bond donors (Lipinski definition) is 2. The van der Waals surface area contributed by atoms with Crippen molar-refractivity contribution in [1.29, 1.82) is 0 Å². The van der Waals surface area contributed by atoms with Crippen LogP contribution in [0.3, 0.4) is 0 Å². The SMILES string of the molecule is CN(C)CCNC(=O)c1cc(NCCc2ccccc2F)ncn1. The fraction of sp³-hybridized carbons (Fsp3) is 0.353. The molecule has 0 aliphatic rings. The molecule has 1 heterocycles. The van der Waals surface area contributed by atoms with Crippen LogP contribution in [0, 0.1) is 5.82 Å². The van der Waals surface area contributed by atoms with Crippen molar-refractivity contribution in [2.45, 2.75) is 6.42 Å². The number of carbonyl (C=O) groups is 1. The average molecular weight is 331 g/mol. The Hall–Kier alpha value is -2.54. The summed E-state index contributed by atoms with van der Waals surface area (Å²) in [7, 11) is 3.88. The fourth-order valence-corrected chi connectivity index (χ4v) is 2.09. The zero-order valence-corrected chi connectivity index (χ0v) is 13.9. The summed E-state index contributed by atoms with van der Waals surface area (Å²) >= 11 is 0. The summed E-state index contributed by atoms with van der Waals surface area (Å²) in [5, 5.41) is 5.88. The van der Waals surface area contributed by atoms with Gasteiger partial charge in [-0.05, 0) is 32.1 Å². The van der Waals surface area contributed by atoms with Crippen LogP contribution in [-0.2, 0) is 6.42 Å². The van der Waals surface area contributed by atoms with E-state index in [1.54, 1.807) is 24.3 Å². The topological polar surface area (TPSA) is 70.2 Å². The van der Waals surface area contributed by atoms with E-state index < -0.39 is 0 Å². The van der Waals surface area contributed by atoms with Gasteiger partial charge >= 0.3 is 0 Å². The normalized spacial score (nSPS) is 10.7. The number of likely N-dealkylation sites (N-methyl/N-ethyl adjacent to an activating group) is 1. The van der Waals surface area contributed by atoms with Crippen molar-refractivity contribution in [3.63, 3.8) is 0 Å². The Labute approximate surface area is 141 Å². The highest BCUT2D eigenvalue weighted by atomic mass is 19.1. The maximum Gasteiger partial charge on any atom is 0.270 e. The second kappa shape index (κ2) is 8.93. The van der Waals surface area contributed by atoms with E-state index in [2.05, 4.69) is 20.6 Å². The molecule has 0 spiro atoms. The van der Waals surface area contributed by atoms with Crippen LogP contribution in [0.5, 0.6) is 0 Å². The highest BCUT2D eigenvalue weighted by Crippen LogP contribution is 2.08. The van der Waals surface area contributed by atoms with E-state index in [0.29, 0.717) is 36.6 Å². The van der Waals surface area contributed by atoms with Crippen LogP contribution in [0.1, 0.15) is 16.1 Å². The van der Waals surface area contributed by atoms with Gasteiger partial charge in [0.05, 0.1) is 0 Å². The molecule has 0 aliphatic carbocycles. The molecule has 1 amide bonds. The van der Waals surface area contributed by atoms with Gasteiger partial charge in [-0.1, -0.05) is 18.2 Å². The summed E-state index contributed by atoms with van der Waals surface area (Å²) in [5.41, 5.74) is 0.942. The highest BCUT2D eigenvalue weighted by molar-refractivity contribution is 5.92. The Bertz CT molecular complexity index is 678. The van der Waals surface area contributed by atoms with Gasteiger partial charge in [-0.3, -0.25) is 4.79 Å². The van der Waals surface area contributed by atoms with E-state index in [0.717, 1.165) is 6.54 Å². The lowest BCUT2D eigenvalue weighted by Gasteiger charge is -2.10. The monoisotopic (exact) mass is 331 g/mol. The minimum absolute atomic E-state index is 0.219. The predicted molar refractivity (Wildman–Crippen MR) is 91.5 cm³/mol. The predicted octanol–water partition coefficient (Wildman–Crippen LogP) is 1.56. The molecule has 24 heavy (non-hydrogen) atoms. The van der Waals surface area contributed by atoms with E-state index in [-0.39, 0.29) is 11.7 Å². The Morgan fingerprint density at radius 2 is 2.00 bits per heavy atom. The second-order valence-electron chi connectivity index (χ2n) is 5.62. The lowest BCUT2D eigenvalue weighted by atomic mass is 10.1. The van der Waals surface area contributed by atoms with Crippen molar-refractivity contribution < 1.29 is 9.18 Å². The second-order valence-corrected chi connectivity index (χ2v) is 5.62. The number of nitrogens with one attached hydrogen (secondary N) is 2. The first kappa shape index (κ1) is 17.8. The Balaban J connectivity index is 1.86. The standard InChI is InChI=1S/C17H22FN5O/c1-23(2)10-9-20-17(24)15-11-16(22-12-21-15)19-8-7-13-5-3-4-6-14(13)18/h3-6,11-12H,7-10H2,1-2H3,(H,20,24)(H,19,21,22). The first-order valence-corrected chi connectivity index (χ1v) is 7.78. The van der Waals surface area contributed by atoms with Crippen LogP contribution >= 0.6 is 0 Å². The lowest BCUT2D eigenvalue weighted by Crippen LogP contribution is -2.31.